The summed E-state index contributed by atoms with van der Waals surface area (Å²) in [6, 6.07) is 7.76. The average Bonchev–Trinajstić information content (AvgIpc) is 2.60. The van der Waals surface area contributed by atoms with Gasteiger partial charge in [-0.3, -0.25) is 4.79 Å². The normalized spacial score (nSPS) is 11.1. The highest BCUT2D eigenvalue weighted by atomic mass is 16.1. The lowest BCUT2D eigenvalue weighted by molar-refractivity contribution is 0.0941. The van der Waals surface area contributed by atoms with Gasteiger partial charge in [-0.15, -0.1) is 0 Å². The van der Waals surface area contributed by atoms with Crippen LogP contribution in [-0.4, -0.2) is 10.2 Å². The van der Waals surface area contributed by atoms with E-state index in [1.54, 1.807) is 0 Å². The number of pyridine rings is 1. The van der Waals surface area contributed by atoms with Crippen LogP contribution in [0.25, 0.3) is 5.52 Å². The van der Waals surface area contributed by atoms with Gasteiger partial charge in [0.2, 0.25) is 0 Å². The van der Waals surface area contributed by atoms with Gasteiger partial charge in [-0.1, -0.05) is 19.9 Å². The average molecular weight is 187 g/mol. The van der Waals surface area contributed by atoms with Crippen molar-refractivity contribution in [2.45, 2.75) is 13.8 Å². The minimum absolute atomic E-state index is 0.0569. The van der Waals surface area contributed by atoms with Gasteiger partial charge in [-0.2, -0.15) is 0 Å². The molecule has 2 aromatic rings. The van der Waals surface area contributed by atoms with E-state index in [4.69, 9.17) is 0 Å². The SMILES string of the molecule is CC(C)C(=O)c1ccn2ccccc12. The van der Waals surface area contributed by atoms with Crippen molar-refractivity contribution in [3.05, 3.63) is 42.2 Å². The molecule has 0 saturated carbocycles. The molecule has 2 nitrogen and oxygen atoms in total. The minimum Gasteiger partial charge on any atom is -0.323 e. The van der Waals surface area contributed by atoms with Crippen LogP contribution in [0.4, 0.5) is 0 Å². The number of rotatable bonds is 2. The fourth-order valence-corrected chi connectivity index (χ4v) is 1.57. The molecule has 0 fully saturated rings. The van der Waals surface area contributed by atoms with Crippen LogP contribution in [0.1, 0.15) is 24.2 Å². The second-order valence-electron chi connectivity index (χ2n) is 3.74. The first-order chi connectivity index (χ1) is 6.70. The zero-order valence-electron chi connectivity index (χ0n) is 8.40. The van der Waals surface area contributed by atoms with Crippen LogP contribution in [0.3, 0.4) is 0 Å². The molecular formula is C12H13NO. The van der Waals surface area contributed by atoms with Gasteiger partial charge in [0.15, 0.2) is 5.78 Å². The van der Waals surface area contributed by atoms with Crippen LogP contribution < -0.4 is 0 Å². The molecule has 2 rings (SSSR count). The van der Waals surface area contributed by atoms with Crippen molar-refractivity contribution in [1.82, 2.24) is 4.40 Å². The van der Waals surface area contributed by atoms with Crippen LogP contribution in [-0.2, 0) is 0 Å². The fourth-order valence-electron chi connectivity index (χ4n) is 1.57. The number of carbonyl (C=O) groups excluding carboxylic acids is 1. The lowest BCUT2D eigenvalue weighted by atomic mass is 10.0. The minimum atomic E-state index is 0.0569. The number of carbonyl (C=O) groups is 1. The van der Waals surface area contributed by atoms with E-state index in [2.05, 4.69) is 0 Å². The molecule has 2 aromatic heterocycles. The Morgan fingerprint density at radius 2 is 2.00 bits per heavy atom. The Balaban J connectivity index is 2.58. The number of ketones is 1. The van der Waals surface area contributed by atoms with Crippen LogP contribution in [0, 0.1) is 5.92 Å². The summed E-state index contributed by atoms with van der Waals surface area (Å²) in [6.45, 7) is 3.85. The van der Waals surface area contributed by atoms with E-state index < -0.39 is 0 Å². The van der Waals surface area contributed by atoms with Crippen molar-refractivity contribution in [2.75, 3.05) is 0 Å². The summed E-state index contributed by atoms with van der Waals surface area (Å²) in [5.41, 5.74) is 1.81. The maximum atomic E-state index is 11.8. The number of Topliss-reactive ketones (excluding diaryl/α,β-unsaturated/α-hetero) is 1. The van der Waals surface area contributed by atoms with E-state index >= 15 is 0 Å². The van der Waals surface area contributed by atoms with Crippen molar-refractivity contribution >= 4 is 11.3 Å². The lowest BCUT2D eigenvalue weighted by Gasteiger charge is -2.02. The molecule has 0 amide bonds. The highest BCUT2D eigenvalue weighted by Crippen LogP contribution is 2.16. The molecule has 0 aliphatic heterocycles. The first-order valence-corrected chi connectivity index (χ1v) is 4.80. The fraction of sp³-hybridized carbons (Fsp3) is 0.250. The monoisotopic (exact) mass is 187 g/mol. The first-order valence-electron chi connectivity index (χ1n) is 4.80. The smallest absolute Gasteiger partial charge is 0.167 e. The van der Waals surface area contributed by atoms with E-state index in [1.165, 1.54) is 0 Å². The van der Waals surface area contributed by atoms with Gasteiger partial charge >= 0.3 is 0 Å². The lowest BCUT2D eigenvalue weighted by Crippen LogP contribution is -2.06. The Hall–Kier alpha value is -1.57. The second-order valence-corrected chi connectivity index (χ2v) is 3.74. The summed E-state index contributed by atoms with van der Waals surface area (Å²) in [7, 11) is 0. The van der Waals surface area contributed by atoms with Crippen LogP contribution in [0.2, 0.25) is 0 Å². The zero-order valence-corrected chi connectivity index (χ0v) is 8.40. The molecular weight excluding hydrogens is 174 g/mol. The molecule has 0 spiro atoms. The molecule has 0 saturated heterocycles. The van der Waals surface area contributed by atoms with E-state index in [1.807, 2.05) is 54.9 Å². The highest BCUT2D eigenvalue weighted by Gasteiger charge is 2.13. The topological polar surface area (TPSA) is 21.5 Å². The quantitative estimate of drug-likeness (QED) is 0.662. The van der Waals surface area contributed by atoms with Crippen molar-refractivity contribution < 1.29 is 4.79 Å². The molecule has 72 valence electrons. The highest BCUT2D eigenvalue weighted by molar-refractivity contribution is 6.03. The first kappa shape index (κ1) is 9.00. The Bertz CT molecular complexity index is 468. The summed E-state index contributed by atoms with van der Waals surface area (Å²) in [5, 5.41) is 0. The Morgan fingerprint density at radius 1 is 1.21 bits per heavy atom. The standard InChI is InChI=1S/C12H13NO/c1-9(2)12(14)10-6-8-13-7-4-3-5-11(10)13/h3-9H,1-2H3. The molecule has 0 aliphatic rings. The van der Waals surface area contributed by atoms with Crippen LogP contribution in [0.5, 0.6) is 0 Å². The molecule has 0 radical (unpaired) electrons. The van der Waals surface area contributed by atoms with Gasteiger partial charge in [0.05, 0.1) is 5.52 Å². The molecule has 2 heteroatoms. The number of hydrogen-bond donors (Lipinski definition) is 0. The summed E-state index contributed by atoms with van der Waals surface area (Å²) in [5.74, 6) is 0.264. The Morgan fingerprint density at radius 3 is 2.71 bits per heavy atom. The van der Waals surface area contributed by atoms with Crippen molar-refractivity contribution in [2.24, 2.45) is 5.92 Å². The van der Waals surface area contributed by atoms with Crippen molar-refractivity contribution in [3.8, 4) is 0 Å². The molecule has 0 unspecified atom stereocenters. The van der Waals surface area contributed by atoms with E-state index in [9.17, 15) is 4.79 Å². The molecule has 0 N–H and O–H groups in total. The zero-order chi connectivity index (χ0) is 10.1. The van der Waals surface area contributed by atoms with Crippen LogP contribution >= 0.6 is 0 Å². The van der Waals surface area contributed by atoms with Crippen molar-refractivity contribution in [3.63, 3.8) is 0 Å². The van der Waals surface area contributed by atoms with Gasteiger partial charge in [0.25, 0.3) is 0 Å². The third kappa shape index (κ3) is 1.33. The van der Waals surface area contributed by atoms with E-state index in [0.717, 1.165) is 11.1 Å². The second kappa shape index (κ2) is 3.29. The maximum absolute atomic E-state index is 11.8. The molecule has 2 heterocycles. The number of aromatic nitrogens is 1. The van der Waals surface area contributed by atoms with Crippen LogP contribution in [0.15, 0.2) is 36.7 Å². The predicted octanol–water partition coefficient (Wildman–Crippen LogP) is 2.78. The molecule has 14 heavy (non-hydrogen) atoms. The van der Waals surface area contributed by atoms with Gasteiger partial charge in [-0.05, 0) is 18.2 Å². The van der Waals surface area contributed by atoms with E-state index in [-0.39, 0.29) is 11.7 Å². The van der Waals surface area contributed by atoms with Gasteiger partial charge in [-0.25, -0.2) is 0 Å². The number of fused-ring (bicyclic) bond motifs is 1. The predicted molar refractivity (Wildman–Crippen MR) is 56.6 cm³/mol. The number of hydrogen-bond acceptors (Lipinski definition) is 1. The summed E-state index contributed by atoms with van der Waals surface area (Å²) >= 11 is 0. The molecule has 0 aromatic carbocycles. The maximum Gasteiger partial charge on any atom is 0.167 e. The van der Waals surface area contributed by atoms with Gasteiger partial charge in [0.1, 0.15) is 0 Å². The Kier molecular flexibility index (Phi) is 2.12. The third-order valence-corrected chi connectivity index (χ3v) is 2.36. The number of nitrogens with zero attached hydrogens (tertiary/aromatic N) is 1. The van der Waals surface area contributed by atoms with Gasteiger partial charge in [0, 0.05) is 23.9 Å². The summed E-state index contributed by atoms with van der Waals surface area (Å²) < 4.78 is 1.97. The van der Waals surface area contributed by atoms with Gasteiger partial charge < -0.3 is 4.40 Å². The summed E-state index contributed by atoms with van der Waals surface area (Å²) in [6.07, 6.45) is 3.87. The summed E-state index contributed by atoms with van der Waals surface area (Å²) in [4.78, 5) is 11.8. The molecule has 0 atom stereocenters. The molecule has 0 bridgehead atoms. The van der Waals surface area contributed by atoms with E-state index in [0.29, 0.717) is 0 Å². The van der Waals surface area contributed by atoms with Crippen molar-refractivity contribution in [1.29, 1.82) is 0 Å². The molecule has 0 aliphatic carbocycles. The Labute approximate surface area is 83.2 Å². The third-order valence-electron chi connectivity index (χ3n) is 2.36. The largest absolute Gasteiger partial charge is 0.323 e.